The second-order valence-electron chi connectivity index (χ2n) is 5.89. The maximum Gasteiger partial charge on any atom is 0.418 e. The number of para-hydroxylation sites is 1. The van der Waals surface area contributed by atoms with Gasteiger partial charge >= 0.3 is 11.9 Å². The SMILES string of the molecule is Cc1nn(CC(C)C(=O)Nc2ccccc2C(F)(F)F)c(C)c1[N+](=O)[O-]. The van der Waals surface area contributed by atoms with Crippen LogP contribution in [0.3, 0.4) is 0 Å². The van der Waals surface area contributed by atoms with Crippen LogP contribution in [0.4, 0.5) is 24.5 Å². The van der Waals surface area contributed by atoms with Gasteiger partial charge in [0.1, 0.15) is 11.4 Å². The van der Waals surface area contributed by atoms with Gasteiger partial charge in [-0.2, -0.15) is 18.3 Å². The van der Waals surface area contributed by atoms with Crippen LogP contribution in [0.15, 0.2) is 24.3 Å². The summed E-state index contributed by atoms with van der Waals surface area (Å²) in [5, 5.41) is 17.3. The molecule has 1 aromatic carbocycles. The number of nitrogens with zero attached hydrogens (tertiary/aromatic N) is 3. The lowest BCUT2D eigenvalue weighted by Gasteiger charge is -2.16. The van der Waals surface area contributed by atoms with Crippen molar-refractivity contribution in [2.75, 3.05) is 5.32 Å². The Bertz CT molecular complexity index is 846. The molecule has 26 heavy (non-hydrogen) atoms. The number of rotatable bonds is 5. The molecule has 0 radical (unpaired) electrons. The van der Waals surface area contributed by atoms with Crippen LogP contribution in [0.1, 0.15) is 23.9 Å². The molecule has 1 atom stereocenters. The topological polar surface area (TPSA) is 90.1 Å². The van der Waals surface area contributed by atoms with Gasteiger partial charge in [-0.15, -0.1) is 0 Å². The monoisotopic (exact) mass is 370 g/mol. The van der Waals surface area contributed by atoms with E-state index in [0.717, 1.165) is 6.07 Å². The summed E-state index contributed by atoms with van der Waals surface area (Å²) >= 11 is 0. The van der Waals surface area contributed by atoms with Crippen LogP contribution >= 0.6 is 0 Å². The molecule has 140 valence electrons. The average Bonchev–Trinajstić information content (AvgIpc) is 2.80. The largest absolute Gasteiger partial charge is 0.418 e. The zero-order chi connectivity index (χ0) is 19.6. The molecule has 1 heterocycles. The Morgan fingerprint density at radius 3 is 2.50 bits per heavy atom. The number of carbonyl (C=O) groups excluding carboxylic acids is 1. The van der Waals surface area contributed by atoms with Gasteiger partial charge in [0.25, 0.3) is 0 Å². The second-order valence-corrected chi connectivity index (χ2v) is 5.89. The van der Waals surface area contributed by atoms with Crippen LogP contribution in [0.2, 0.25) is 0 Å². The van der Waals surface area contributed by atoms with Gasteiger partial charge in [-0.05, 0) is 26.0 Å². The molecule has 1 amide bonds. The summed E-state index contributed by atoms with van der Waals surface area (Å²) in [6, 6.07) is 4.67. The van der Waals surface area contributed by atoms with Crippen molar-refractivity contribution in [3.05, 3.63) is 51.3 Å². The van der Waals surface area contributed by atoms with Crippen molar-refractivity contribution in [3.63, 3.8) is 0 Å². The van der Waals surface area contributed by atoms with E-state index < -0.39 is 28.5 Å². The highest BCUT2D eigenvalue weighted by Gasteiger charge is 2.34. The third-order valence-electron chi connectivity index (χ3n) is 3.91. The predicted octanol–water partition coefficient (Wildman–Crippen LogP) is 3.70. The third kappa shape index (κ3) is 4.01. The van der Waals surface area contributed by atoms with Gasteiger partial charge in [-0.1, -0.05) is 19.1 Å². The maximum absolute atomic E-state index is 13.0. The molecule has 0 aliphatic heterocycles. The Kier molecular flexibility index (Phi) is 5.33. The van der Waals surface area contributed by atoms with Crippen LogP contribution in [-0.4, -0.2) is 20.6 Å². The van der Waals surface area contributed by atoms with Gasteiger partial charge in [-0.25, -0.2) is 0 Å². The van der Waals surface area contributed by atoms with E-state index in [9.17, 15) is 28.1 Å². The molecule has 1 aromatic heterocycles. The fraction of sp³-hybridized carbons (Fsp3) is 0.375. The molecule has 2 aromatic rings. The van der Waals surface area contributed by atoms with Crippen molar-refractivity contribution >= 4 is 17.3 Å². The van der Waals surface area contributed by atoms with E-state index in [1.165, 1.54) is 43.7 Å². The third-order valence-corrected chi connectivity index (χ3v) is 3.91. The Labute approximate surface area is 147 Å². The maximum atomic E-state index is 13.0. The molecule has 0 saturated heterocycles. The summed E-state index contributed by atoms with van der Waals surface area (Å²) in [5.74, 6) is -1.40. The molecule has 2 rings (SSSR count). The first-order valence-corrected chi connectivity index (χ1v) is 7.67. The molecule has 7 nitrogen and oxygen atoms in total. The molecule has 0 aliphatic rings. The van der Waals surface area contributed by atoms with E-state index in [4.69, 9.17) is 0 Å². The van der Waals surface area contributed by atoms with Crippen molar-refractivity contribution in [2.45, 2.75) is 33.5 Å². The number of aryl methyl sites for hydroxylation is 1. The van der Waals surface area contributed by atoms with E-state index in [0.29, 0.717) is 0 Å². The Hall–Kier alpha value is -2.91. The van der Waals surface area contributed by atoms with Gasteiger partial charge in [0.15, 0.2) is 0 Å². The molecule has 1 unspecified atom stereocenters. The van der Waals surface area contributed by atoms with Gasteiger partial charge in [0, 0.05) is 0 Å². The average molecular weight is 370 g/mol. The lowest BCUT2D eigenvalue weighted by Crippen LogP contribution is -2.26. The second kappa shape index (κ2) is 7.14. The molecule has 10 heteroatoms. The highest BCUT2D eigenvalue weighted by Crippen LogP contribution is 2.34. The number of halogens is 3. The zero-order valence-electron chi connectivity index (χ0n) is 14.3. The van der Waals surface area contributed by atoms with Crippen molar-refractivity contribution in [2.24, 2.45) is 5.92 Å². The summed E-state index contributed by atoms with van der Waals surface area (Å²) in [5.41, 5.74) is -0.927. The number of hydrogen-bond acceptors (Lipinski definition) is 4. The fourth-order valence-corrected chi connectivity index (χ4v) is 2.57. The quantitative estimate of drug-likeness (QED) is 0.642. The smallest absolute Gasteiger partial charge is 0.325 e. The minimum atomic E-state index is -4.59. The van der Waals surface area contributed by atoms with E-state index >= 15 is 0 Å². The van der Waals surface area contributed by atoms with Crippen molar-refractivity contribution in [1.82, 2.24) is 9.78 Å². The summed E-state index contributed by atoms with van der Waals surface area (Å²) in [6.45, 7) is 4.49. The standard InChI is InChI=1S/C16H17F3N4O3/c1-9(8-22-11(3)14(23(25)26)10(2)21-22)15(24)20-13-7-5-4-6-12(13)16(17,18)19/h4-7,9H,8H2,1-3H3,(H,20,24). The van der Waals surface area contributed by atoms with Crippen LogP contribution in [0, 0.1) is 29.9 Å². The first-order valence-electron chi connectivity index (χ1n) is 7.67. The number of nitro groups is 1. The van der Waals surface area contributed by atoms with Crippen molar-refractivity contribution in [1.29, 1.82) is 0 Å². The Morgan fingerprint density at radius 2 is 1.96 bits per heavy atom. The minimum Gasteiger partial charge on any atom is -0.325 e. The summed E-state index contributed by atoms with van der Waals surface area (Å²) in [6.07, 6.45) is -4.59. The highest BCUT2D eigenvalue weighted by molar-refractivity contribution is 5.93. The number of alkyl halides is 3. The van der Waals surface area contributed by atoms with Gasteiger partial charge < -0.3 is 5.32 Å². The molecule has 0 saturated carbocycles. The molecule has 0 spiro atoms. The summed E-state index contributed by atoms with van der Waals surface area (Å²) in [4.78, 5) is 22.7. The van der Waals surface area contributed by atoms with Crippen LogP contribution in [0.5, 0.6) is 0 Å². The first kappa shape index (κ1) is 19.4. The highest BCUT2D eigenvalue weighted by atomic mass is 19.4. The van der Waals surface area contributed by atoms with E-state index in [2.05, 4.69) is 10.4 Å². The summed E-state index contributed by atoms with van der Waals surface area (Å²) in [7, 11) is 0. The molecular weight excluding hydrogens is 353 g/mol. The summed E-state index contributed by atoms with van der Waals surface area (Å²) < 4.78 is 40.3. The van der Waals surface area contributed by atoms with Gasteiger partial charge in [-0.3, -0.25) is 19.6 Å². The van der Waals surface area contributed by atoms with Gasteiger partial charge in [0.05, 0.1) is 28.6 Å². The minimum absolute atomic E-state index is 0.000527. The van der Waals surface area contributed by atoms with Crippen molar-refractivity contribution in [3.8, 4) is 0 Å². The number of benzene rings is 1. The Morgan fingerprint density at radius 1 is 1.35 bits per heavy atom. The fourth-order valence-electron chi connectivity index (χ4n) is 2.57. The van der Waals surface area contributed by atoms with Gasteiger partial charge in [0.2, 0.25) is 5.91 Å². The molecule has 0 fully saturated rings. The number of amides is 1. The van der Waals surface area contributed by atoms with Crippen LogP contribution in [0.25, 0.3) is 0 Å². The lowest BCUT2D eigenvalue weighted by molar-refractivity contribution is -0.386. The molecule has 1 N–H and O–H groups in total. The molecular formula is C16H17F3N4O3. The number of carbonyl (C=O) groups is 1. The van der Waals surface area contributed by atoms with E-state index in [1.54, 1.807) is 0 Å². The normalized spacial score (nSPS) is 12.7. The predicted molar refractivity (Wildman–Crippen MR) is 87.6 cm³/mol. The lowest BCUT2D eigenvalue weighted by atomic mass is 10.1. The van der Waals surface area contributed by atoms with E-state index in [-0.39, 0.29) is 29.3 Å². The first-order chi connectivity index (χ1) is 12.0. The molecule has 0 aliphatic carbocycles. The van der Waals surface area contributed by atoms with Crippen molar-refractivity contribution < 1.29 is 22.9 Å². The van der Waals surface area contributed by atoms with Crippen LogP contribution < -0.4 is 5.32 Å². The van der Waals surface area contributed by atoms with Crippen LogP contribution in [-0.2, 0) is 17.5 Å². The number of anilines is 1. The number of aromatic nitrogens is 2. The number of nitrogens with one attached hydrogen (secondary N) is 1. The zero-order valence-corrected chi connectivity index (χ0v) is 14.3. The number of hydrogen-bond donors (Lipinski definition) is 1. The van der Waals surface area contributed by atoms with E-state index in [1.807, 2.05) is 0 Å². The Balaban J connectivity index is 2.18. The molecule has 0 bridgehead atoms.